The van der Waals surface area contributed by atoms with Crippen LogP contribution >= 0.6 is 43.2 Å². The van der Waals surface area contributed by atoms with E-state index in [0.717, 1.165) is 9.35 Å². The first kappa shape index (κ1) is 13.6. The first-order valence-corrected chi connectivity index (χ1v) is 7.41. The standard InChI is InChI=1S/C12H8Br2O3S/c13-7-1-2-11(10(4-7)12(15)16)17-5-9-3-8(14)6-18-9/h1-4,6H,5H2,(H,15,16). The number of carboxylic acids is 1. The van der Waals surface area contributed by atoms with E-state index in [1.807, 2.05) is 11.4 Å². The molecule has 0 aliphatic heterocycles. The van der Waals surface area contributed by atoms with E-state index < -0.39 is 5.97 Å². The minimum absolute atomic E-state index is 0.153. The molecule has 0 unspecified atom stereocenters. The van der Waals surface area contributed by atoms with E-state index in [0.29, 0.717) is 16.8 Å². The summed E-state index contributed by atoms with van der Waals surface area (Å²) < 4.78 is 7.26. The summed E-state index contributed by atoms with van der Waals surface area (Å²) in [6, 6.07) is 6.88. The maximum atomic E-state index is 11.1. The fourth-order valence-electron chi connectivity index (χ4n) is 1.37. The molecule has 6 heteroatoms. The van der Waals surface area contributed by atoms with Crippen LogP contribution in [-0.4, -0.2) is 11.1 Å². The topological polar surface area (TPSA) is 46.5 Å². The number of hydrogen-bond donors (Lipinski definition) is 1. The summed E-state index contributed by atoms with van der Waals surface area (Å²) in [6.45, 7) is 0.359. The molecule has 1 aromatic carbocycles. The van der Waals surface area contributed by atoms with Crippen LogP contribution in [0.4, 0.5) is 0 Å². The molecule has 2 rings (SSSR count). The zero-order chi connectivity index (χ0) is 13.1. The number of aromatic carboxylic acids is 1. The lowest BCUT2D eigenvalue weighted by Crippen LogP contribution is -2.02. The number of ether oxygens (including phenoxy) is 1. The molecule has 1 N–H and O–H groups in total. The maximum absolute atomic E-state index is 11.1. The Morgan fingerprint density at radius 3 is 2.67 bits per heavy atom. The van der Waals surface area contributed by atoms with Crippen LogP contribution in [0, 0.1) is 0 Å². The maximum Gasteiger partial charge on any atom is 0.339 e. The second-order valence-electron chi connectivity index (χ2n) is 3.47. The summed E-state index contributed by atoms with van der Waals surface area (Å²) in [5.74, 6) is -0.631. The zero-order valence-corrected chi connectivity index (χ0v) is 13.0. The second kappa shape index (κ2) is 5.86. The van der Waals surface area contributed by atoms with Crippen LogP contribution in [0.15, 0.2) is 38.6 Å². The molecule has 0 atom stereocenters. The van der Waals surface area contributed by atoms with Gasteiger partial charge in [0, 0.05) is 19.2 Å². The molecule has 0 radical (unpaired) electrons. The number of rotatable bonds is 4. The minimum atomic E-state index is -1.00. The van der Waals surface area contributed by atoms with E-state index in [1.165, 1.54) is 6.07 Å². The van der Waals surface area contributed by atoms with Crippen molar-refractivity contribution in [1.29, 1.82) is 0 Å². The highest BCUT2D eigenvalue weighted by Crippen LogP contribution is 2.26. The van der Waals surface area contributed by atoms with Gasteiger partial charge in [0.05, 0.1) is 0 Å². The van der Waals surface area contributed by atoms with Gasteiger partial charge in [0.1, 0.15) is 17.9 Å². The van der Waals surface area contributed by atoms with Gasteiger partial charge < -0.3 is 9.84 Å². The summed E-state index contributed by atoms with van der Waals surface area (Å²) in [7, 11) is 0. The van der Waals surface area contributed by atoms with Gasteiger partial charge in [-0.25, -0.2) is 4.79 Å². The van der Waals surface area contributed by atoms with Gasteiger partial charge in [-0.05, 0) is 40.2 Å². The molecule has 0 saturated heterocycles. The molecule has 1 aromatic heterocycles. The first-order valence-electron chi connectivity index (χ1n) is 4.95. The Balaban J connectivity index is 2.16. The number of halogens is 2. The lowest BCUT2D eigenvalue weighted by atomic mass is 10.2. The molecular weight excluding hydrogens is 384 g/mol. The van der Waals surface area contributed by atoms with Crippen LogP contribution in [-0.2, 0) is 6.61 Å². The molecule has 0 amide bonds. The van der Waals surface area contributed by atoms with Crippen LogP contribution in [0.25, 0.3) is 0 Å². The van der Waals surface area contributed by atoms with Gasteiger partial charge in [-0.15, -0.1) is 11.3 Å². The predicted octanol–water partition coefficient (Wildman–Crippen LogP) is 4.55. The first-order chi connectivity index (χ1) is 8.56. The van der Waals surface area contributed by atoms with Crippen molar-refractivity contribution in [1.82, 2.24) is 0 Å². The highest BCUT2D eigenvalue weighted by atomic mass is 79.9. The fourth-order valence-corrected chi connectivity index (χ4v) is 3.10. The summed E-state index contributed by atoms with van der Waals surface area (Å²) >= 11 is 8.16. The third-order valence-corrected chi connectivity index (χ3v) is 4.33. The molecule has 1 heterocycles. The van der Waals surface area contributed by atoms with Crippen LogP contribution < -0.4 is 4.74 Å². The summed E-state index contributed by atoms with van der Waals surface area (Å²) in [4.78, 5) is 12.1. The second-order valence-corrected chi connectivity index (χ2v) is 6.29. The number of thiophene rings is 1. The SMILES string of the molecule is O=C(O)c1cc(Br)ccc1OCc1cc(Br)cs1. The Morgan fingerprint density at radius 2 is 2.06 bits per heavy atom. The van der Waals surface area contributed by atoms with Crippen molar-refractivity contribution in [2.75, 3.05) is 0 Å². The highest BCUT2D eigenvalue weighted by Gasteiger charge is 2.12. The minimum Gasteiger partial charge on any atom is -0.487 e. The summed E-state index contributed by atoms with van der Waals surface area (Å²) in [5.41, 5.74) is 0.153. The van der Waals surface area contributed by atoms with Crippen molar-refractivity contribution in [2.24, 2.45) is 0 Å². The van der Waals surface area contributed by atoms with Crippen molar-refractivity contribution in [3.05, 3.63) is 49.0 Å². The molecule has 0 aliphatic carbocycles. The number of hydrogen-bond acceptors (Lipinski definition) is 3. The largest absolute Gasteiger partial charge is 0.487 e. The molecular formula is C12H8Br2O3S. The summed E-state index contributed by atoms with van der Waals surface area (Å²) in [6.07, 6.45) is 0. The Kier molecular flexibility index (Phi) is 4.42. The van der Waals surface area contributed by atoms with Crippen molar-refractivity contribution in [3.8, 4) is 5.75 Å². The van der Waals surface area contributed by atoms with Crippen LogP contribution in [0.5, 0.6) is 5.75 Å². The monoisotopic (exact) mass is 390 g/mol. The third kappa shape index (κ3) is 3.34. The Labute approximate surface area is 125 Å². The molecule has 0 spiro atoms. The average Bonchev–Trinajstić information content (AvgIpc) is 2.73. The van der Waals surface area contributed by atoms with Gasteiger partial charge in [0.15, 0.2) is 0 Å². The van der Waals surface area contributed by atoms with Gasteiger partial charge in [-0.2, -0.15) is 0 Å². The van der Waals surface area contributed by atoms with Crippen molar-refractivity contribution in [2.45, 2.75) is 6.61 Å². The lowest BCUT2D eigenvalue weighted by molar-refractivity contribution is 0.0691. The Morgan fingerprint density at radius 1 is 1.28 bits per heavy atom. The molecule has 0 bridgehead atoms. The quantitative estimate of drug-likeness (QED) is 0.831. The van der Waals surface area contributed by atoms with Gasteiger partial charge in [0.2, 0.25) is 0 Å². The molecule has 94 valence electrons. The lowest BCUT2D eigenvalue weighted by Gasteiger charge is -2.08. The van der Waals surface area contributed by atoms with Gasteiger partial charge in [0.25, 0.3) is 0 Å². The van der Waals surface area contributed by atoms with Crippen molar-refractivity contribution < 1.29 is 14.6 Å². The number of carbonyl (C=O) groups is 1. The van der Waals surface area contributed by atoms with Gasteiger partial charge >= 0.3 is 5.97 Å². The van der Waals surface area contributed by atoms with E-state index in [2.05, 4.69) is 31.9 Å². The van der Waals surface area contributed by atoms with Crippen LogP contribution in [0.2, 0.25) is 0 Å². The van der Waals surface area contributed by atoms with Gasteiger partial charge in [-0.1, -0.05) is 15.9 Å². The van der Waals surface area contributed by atoms with E-state index in [4.69, 9.17) is 9.84 Å². The Bertz CT molecular complexity index is 580. The number of carboxylic acid groups (broad SMARTS) is 1. The predicted molar refractivity (Wildman–Crippen MR) is 77.5 cm³/mol. The van der Waals surface area contributed by atoms with E-state index in [9.17, 15) is 4.79 Å². The van der Waals surface area contributed by atoms with Crippen molar-refractivity contribution in [3.63, 3.8) is 0 Å². The third-order valence-electron chi connectivity index (χ3n) is 2.16. The molecule has 18 heavy (non-hydrogen) atoms. The molecule has 3 nitrogen and oxygen atoms in total. The van der Waals surface area contributed by atoms with Crippen LogP contribution in [0.3, 0.4) is 0 Å². The normalized spacial score (nSPS) is 10.3. The van der Waals surface area contributed by atoms with Crippen LogP contribution in [0.1, 0.15) is 15.2 Å². The van der Waals surface area contributed by atoms with E-state index >= 15 is 0 Å². The van der Waals surface area contributed by atoms with Gasteiger partial charge in [-0.3, -0.25) is 0 Å². The highest BCUT2D eigenvalue weighted by molar-refractivity contribution is 9.10. The average molecular weight is 392 g/mol. The van der Waals surface area contributed by atoms with Crippen molar-refractivity contribution >= 4 is 49.2 Å². The molecule has 0 fully saturated rings. The zero-order valence-electron chi connectivity index (χ0n) is 9.02. The smallest absolute Gasteiger partial charge is 0.339 e. The molecule has 0 aliphatic rings. The van der Waals surface area contributed by atoms with E-state index in [-0.39, 0.29) is 5.56 Å². The fraction of sp³-hybridized carbons (Fsp3) is 0.0833. The molecule has 0 saturated carbocycles. The Hall–Kier alpha value is -0.850. The summed E-state index contributed by atoms with van der Waals surface area (Å²) in [5, 5.41) is 11.0. The molecule has 2 aromatic rings. The van der Waals surface area contributed by atoms with E-state index in [1.54, 1.807) is 23.5 Å². The number of benzene rings is 1.